The Bertz CT molecular complexity index is 264. The molecule has 0 aromatic carbocycles. The van der Waals surface area contributed by atoms with Crippen LogP contribution in [0.4, 0.5) is 0 Å². The molecule has 6 heteroatoms. The van der Waals surface area contributed by atoms with Crippen LogP contribution >= 0.6 is 11.8 Å². The minimum atomic E-state index is -0.524. The highest BCUT2D eigenvalue weighted by molar-refractivity contribution is 8.03. The fourth-order valence-electron chi connectivity index (χ4n) is 1.10. The molecule has 0 aromatic rings. The molecular weight excluding hydrogens is 192 g/mol. The lowest BCUT2D eigenvalue weighted by Gasteiger charge is -2.25. The molecule has 0 aromatic heterocycles. The van der Waals surface area contributed by atoms with Gasteiger partial charge >= 0.3 is 0 Å². The van der Waals surface area contributed by atoms with Crippen molar-refractivity contribution in [3.63, 3.8) is 0 Å². The molecule has 0 radical (unpaired) electrons. The summed E-state index contributed by atoms with van der Waals surface area (Å²) in [6.07, 6.45) is 1.78. The first-order valence-electron chi connectivity index (χ1n) is 3.87. The van der Waals surface area contributed by atoms with Gasteiger partial charge in [0.25, 0.3) is 6.20 Å². The molecule has 13 heavy (non-hydrogen) atoms. The van der Waals surface area contributed by atoms with Crippen LogP contribution in [0.1, 0.15) is 13.3 Å². The molecule has 0 saturated carbocycles. The van der Waals surface area contributed by atoms with Crippen LogP contribution in [0.25, 0.3) is 0 Å². The first kappa shape index (κ1) is 10.0. The van der Waals surface area contributed by atoms with E-state index in [1.807, 2.05) is 0 Å². The van der Waals surface area contributed by atoms with Crippen molar-refractivity contribution in [3.8, 4) is 0 Å². The molecule has 1 aliphatic rings. The normalized spacial score (nSPS) is 20.4. The summed E-state index contributed by atoms with van der Waals surface area (Å²) in [5.74, 6) is 0.698. The Hall–Kier alpha value is -1.04. The molecule has 0 N–H and O–H groups in total. The summed E-state index contributed by atoms with van der Waals surface area (Å²) in [5, 5.41) is 10.7. The van der Waals surface area contributed by atoms with E-state index >= 15 is 0 Å². The third-order valence-electron chi connectivity index (χ3n) is 1.64. The molecule has 5 nitrogen and oxygen atoms in total. The van der Waals surface area contributed by atoms with Crippen molar-refractivity contribution in [1.82, 2.24) is 4.90 Å². The van der Waals surface area contributed by atoms with Crippen LogP contribution in [0.2, 0.25) is 0 Å². The number of rotatable bonds is 1. The molecular formula is C7H10N2O3S. The zero-order valence-corrected chi connectivity index (χ0v) is 8.04. The quantitative estimate of drug-likeness (QED) is 0.471. The highest BCUT2D eigenvalue weighted by atomic mass is 32.2. The van der Waals surface area contributed by atoms with E-state index in [-0.39, 0.29) is 5.91 Å². The standard InChI is InChI=1S/C7H10N2O3S/c1-6(10)8-3-2-4-13-7(8)5-9(11)12/h5H,2-4H2,1H3/b7-5-. The van der Waals surface area contributed by atoms with Gasteiger partial charge in [0.15, 0.2) is 0 Å². The lowest BCUT2D eigenvalue weighted by molar-refractivity contribution is -0.403. The molecule has 1 aliphatic heterocycles. The second kappa shape index (κ2) is 4.27. The Labute approximate surface area is 79.9 Å². The Morgan fingerprint density at radius 2 is 2.46 bits per heavy atom. The van der Waals surface area contributed by atoms with Gasteiger partial charge < -0.3 is 4.90 Å². The highest BCUT2D eigenvalue weighted by Crippen LogP contribution is 2.26. The van der Waals surface area contributed by atoms with Crippen molar-refractivity contribution in [1.29, 1.82) is 0 Å². The zero-order valence-electron chi connectivity index (χ0n) is 7.23. The van der Waals surface area contributed by atoms with Gasteiger partial charge in [-0.15, -0.1) is 11.8 Å². The summed E-state index contributed by atoms with van der Waals surface area (Å²) in [4.78, 5) is 22.2. The minimum absolute atomic E-state index is 0.139. The lowest BCUT2D eigenvalue weighted by Crippen LogP contribution is -2.31. The van der Waals surface area contributed by atoms with E-state index in [0.29, 0.717) is 11.6 Å². The summed E-state index contributed by atoms with van der Waals surface area (Å²) in [7, 11) is 0. The van der Waals surface area contributed by atoms with Crippen molar-refractivity contribution in [2.24, 2.45) is 0 Å². The summed E-state index contributed by atoms with van der Waals surface area (Å²) in [6, 6.07) is 0. The molecule has 1 heterocycles. The van der Waals surface area contributed by atoms with Crippen molar-refractivity contribution in [2.75, 3.05) is 12.3 Å². The van der Waals surface area contributed by atoms with Crippen LogP contribution in [0.5, 0.6) is 0 Å². The van der Waals surface area contributed by atoms with Crippen molar-refractivity contribution >= 4 is 17.7 Å². The van der Waals surface area contributed by atoms with E-state index in [1.165, 1.54) is 23.6 Å². The maximum Gasteiger partial charge on any atom is 0.264 e. The monoisotopic (exact) mass is 202 g/mol. The van der Waals surface area contributed by atoms with E-state index in [1.54, 1.807) is 0 Å². The average Bonchev–Trinajstić information content (AvgIpc) is 2.03. The second-order valence-corrected chi connectivity index (χ2v) is 3.74. The van der Waals surface area contributed by atoms with Gasteiger partial charge in [-0.1, -0.05) is 0 Å². The molecule has 1 rings (SSSR count). The van der Waals surface area contributed by atoms with E-state index in [0.717, 1.165) is 18.4 Å². The van der Waals surface area contributed by atoms with Crippen LogP contribution in [-0.2, 0) is 4.79 Å². The number of hydrogen-bond acceptors (Lipinski definition) is 4. The predicted molar refractivity (Wildman–Crippen MR) is 49.5 cm³/mol. The highest BCUT2D eigenvalue weighted by Gasteiger charge is 2.21. The molecule has 0 spiro atoms. The van der Waals surface area contributed by atoms with E-state index in [4.69, 9.17) is 0 Å². The van der Waals surface area contributed by atoms with Gasteiger partial charge in [0.05, 0.1) is 4.92 Å². The number of carbonyl (C=O) groups excluding carboxylic acids is 1. The smallest absolute Gasteiger partial charge is 0.264 e. The first-order chi connectivity index (χ1) is 6.11. The number of nitrogens with zero attached hydrogens (tertiary/aromatic N) is 2. The maximum absolute atomic E-state index is 11.0. The van der Waals surface area contributed by atoms with Gasteiger partial charge in [0, 0.05) is 19.2 Å². The van der Waals surface area contributed by atoms with E-state index in [2.05, 4.69) is 0 Å². The number of carbonyl (C=O) groups is 1. The molecule has 1 amide bonds. The summed E-state index contributed by atoms with van der Waals surface area (Å²) in [5.41, 5.74) is 0. The van der Waals surface area contributed by atoms with Gasteiger partial charge in [0.2, 0.25) is 5.91 Å². The molecule has 0 bridgehead atoms. The van der Waals surface area contributed by atoms with Crippen LogP contribution < -0.4 is 0 Å². The van der Waals surface area contributed by atoms with Crippen LogP contribution in [0, 0.1) is 10.1 Å². The Morgan fingerprint density at radius 3 is 3.00 bits per heavy atom. The summed E-state index contributed by atoms with van der Waals surface area (Å²) >= 11 is 1.35. The van der Waals surface area contributed by atoms with Gasteiger partial charge in [-0.2, -0.15) is 0 Å². The molecule has 1 fully saturated rings. The van der Waals surface area contributed by atoms with Crippen LogP contribution in [0.3, 0.4) is 0 Å². The summed E-state index contributed by atoms with van der Waals surface area (Å²) in [6.45, 7) is 2.00. The predicted octanol–water partition coefficient (Wildman–Crippen LogP) is 1.05. The molecule has 0 aliphatic carbocycles. The molecule has 0 unspecified atom stereocenters. The number of amides is 1. The Balaban J connectivity index is 2.78. The lowest BCUT2D eigenvalue weighted by atomic mass is 10.4. The Kier molecular flexibility index (Phi) is 3.30. The van der Waals surface area contributed by atoms with Gasteiger partial charge in [-0.25, -0.2) is 0 Å². The summed E-state index contributed by atoms with van der Waals surface area (Å²) < 4.78 is 0. The number of hydrogen-bond donors (Lipinski definition) is 0. The third kappa shape index (κ3) is 2.73. The third-order valence-corrected chi connectivity index (χ3v) is 2.75. The van der Waals surface area contributed by atoms with E-state index in [9.17, 15) is 14.9 Å². The van der Waals surface area contributed by atoms with Crippen molar-refractivity contribution in [2.45, 2.75) is 13.3 Å². The number of thioether (sulfide) groups is 1. The van der Waals surface area contributed by atoms with Gasteiger partial charge in [-0.3, -0.25) is 14.9 Å². The van der Waals surface area contributed by atoms with Crippen molar-refractivity contribution in [3.05, 3.63) is 21.3 Å². The van der Waals surface area contributed by atoms with Crippen molar-refractivity contribution < 1.29 is 9.72 Å². The van der Waals surface area contributed by atoms with Gasteiger partial charge in [-0.05, 0) is 6.42 Å². The Morgan fingerprint density at radius 1 is 1.77 bits per heavy atom. The number of nitro groups is 1. The maximum atomic E-state index is 11.0. The molecule has 72 valence electrons. The first-order valence-corrected chi connectivity index (χ1v) is 4.86. The average molecular weight is 202 g/mol. The topological polar surface area (TPSA) is 63.5 Å². The largest absolute Gasteiger partial charge is 0.302 e. The van der Waals surface area contributed by atoms with Crippen LogP contribution in [0.15, 0.2) is 11.2 Å². The van der Waals surface area contributed by atoms with Gasteiger partial charge in [0.1, 0.15) is 5.03 Å². The fraction of sp³-hybridized carbons (Fsp3) is 0.571. The minimum Gasteiger partial charge on any atom is -0.302 e. The molecule has 1 saturated heterocycles. The van der Waals surface area contributed by atoms with Crippen LogP contribution in [-0.4, -0.2) is 28.0 Å². The zero-order chi connectivity index (χ0) is 9.84. The SMILES string of the molecule is CC(=O)N1CCCS/C1=C\[N+](=O)[O-]. The second-order valence-electron chi connectivity index (χ2n) is 2.63. The molecule has 0 atom stereocenters. The van der Waals surface area contributed by atoms with E-state index < -0.39 is 4.92 Å². The fourth-order valence-corrected chi connectivity index (χ4v) is 2.12.